The Morgan fingerprint density at radius 2 is 1.23 bits per heavy atom. The number of hydrogen-bond donors (Lipinski definition) is 6. The van der Waals surface area contributed by atoms with Crippen molar-refractivity contribution in [2.75, 3.05) is 27.7 Å². The summed E-state index contributed by atoms with van der Waals surface area (Å²) in [6, 6.07) is 24.0. The fourth-order valence-electron chi connectivity index (χ4n) is 11.0. The van der Waals surface area contributed by atoms with Gasteiger partial charge in [0.25, 0.3) is 5.91 Å². The summed E-state index contributed by atoms with van der Waals surface area (Å²) in [5.41, 5.74) is 4.45. The Balaban J connectivity index is 1.16. The number of likely N-dealkylation sites (N-methyl/N-ethyl adjacent to an activating group) is 2. The van der Waals surface area contributed by atoms with Gasteiger partial charge < -0.3 is 51.3 Å². The summed E-state index contributed by atoms with van der Waals surface area (Å²) in [4.78, 5) is 106. The highest BCUT2D eigenvalue weighted by atomic mass is 16.5. The minimum absolute atomic E-state index is 0.0348. The molecule has 0 aromatic heterocycles. The number of methoxy groups -OCH3 is 1. The summed E-state index contributed by atoms with van der Waals surface area (Å²) in [6.07, 6.45) is 2.95. The van der Waals surface area contributed by atoms with Crippen molar-refractivity contribution in [3.63, 3.8) is 0 Å². The third-order valence-corrected chi connectivity index (χ3v) is 16.1. The maximum atomic E-state index is 15.6. The molecule has 6 N–H and O–H groups in total. The number of ether oxygens (including phenoxy) is 1. The second kappa shape index (κ2) is 25.3. The lowest BCUT2D eigenvalue weighted by Gasteiger charge is -2.43. The summed E-state index contributed by atoms with van der Waals surface area (Å²) in [5, 5.41) is 18.2. The molecule has 17 heteroatoms. The van der Waals surface area contributed by atoms with Gasteiger partial charge in [0, 0.05) is 43.2 Å². The van der Waals surface area contributed by atoms with Gasteiger partial charge in [0.05, 0.1) is 31.3 Å². The molecular weight excluding hydrogens is 999 g/mol. The Morgan fingerprint density at radius 3 is 1.82 bits per heavy atom. The molecule has 424 valence electrons. The van der Waals surface area contributed by atoms with Crippen molar-refractivity contribution in [3.8, 4) is 5.75 Å². The number of rotatable bonds is 18. The van der Waals surface area contributed by atoms with Crippen LogP contribution in [0.25, 0.3) is 0 Å². The first kappa shape index (κ1) is 59.5. The smallest absolute Gasteiger partial charge is 0.251 e. The topological polar surface area (TPSA) is 211 Å². The molecule has 2 heterocycles. The van der Waals surface area contributed by atoms with Gasteiger partial charge >= 0.3 is 0 Å². The number of para-hydroxylation sites is 1. The molecule has 17 nitrogen and oxygen atoms in total. The third kappa shape index (κ3) is 13.8. The second-order valence-electron chi connectivity index (χ2n) is 23.7. The number of nitrogens with zero attached hydrogens (tertiary/aromatic N) is 3. The van der Waals surface area contributed by atoms with E-state index < -0.39 is 71.0 Å². The van der Waals surface area contributed by atoms with E-state index in [1.54, 1.807) is 69.1 Å². The van der Waals surface area contributed by atoms with E-state index >= 15 is 9.59 Å². The molecule has 4 aromatic carbocycles. The number of carbonyl (C=O) groups is 7. The predicted molar refractivity (Wildman–Crippen MR) is 304 cm³/mol. The van der Waals surface area contributed by atoms with Crippen molar-refractivity contribution in [1.82, 2.24) is 46.6 Å². The number of aryl methyl sites for hydroxylation is 1. The molecule has 7 amide bonds. The molecule has 4 aromatic rings. The van der Waals surface area contributed by atoms with Crippen molar-refractivity contribution in [1.29, 1.82) is 0 Å². The molecule has 2 aliphatic heterocycles. The van der Waals surface area contributed by atoms with E-state index in [0.717, 1.165) is 41.5 Å². The van der Waals surface area contributed by atoms with Crippen molar-refractivity contribution < 1.29 is 38.3 Å². The zero-order valence-electron chi connectivity index (χ0n) is 48.2. The highest BCUT2D eigenvalue weighted by Gasteiger charge is 2.47. The molecular formula is C62H83N9O8. The van der Waals surface area contributed by atoms with Gasteiger partial charge in [0.15, 0.2) is 0 Å². The molecule has 9 atom stereocenters. The second-order valence-corrected chi connectivity index (χ2v) is 23.7. The number of fused-ring (bicyclic) bond motifs is 2. The summed E-state index contributed by atoms with van der Waals surface area (Å²) in [6.45, 7) is 16.9. The maximum Gasteiger partial charge on any atom is 0.251 e. The Morgan fingerprint density at radius 1 is 0.671 bits per heavy atom. The predicted octanol–water partition coefficient (Wildman–Crippen LogP) is 5.91. The Labute approximate surface area is 466 Å². The number of amides is 7. The number of hydrogen-bond acceptors (Lipinski definition) is 10. The molecule has 3 aliphatic rings. The van der Waals surface area contributed by atoms with Gasteiger partial charge in [-0.2, -0.15) is 0 Å². The Bertz CT molecular complexity index is 2860. The van der Waals surface area contributed by atoms with Crippen LogP contribution in [0.15, 0.2) is 97.1 Å². The van der Waals surface area contributed by atoms with Gasteiger partial charge in [-0.25, -0.2) is 0 Å². The van der Waals surface area contributed by atoms with E-state index in [4.69, 9.17) is 4.74 Å². The van der Waals surface area contributed by atoms with Gasteiger partial charge in [-0.05, 0) is 117 Å². The van der Waals surface area contributed by atoms with Crippen molar-refractivity contribution in [2.24, 2.45) is 10.8 Å². The van der Waals surface area contributed by atoms with Crippen molar-refractivity contribution in [2.45, 2.75) is 162 Å². The Kier molecular flexibility index (Phi) is 19.1. The van der Waals surface area contributed by atoms with Crippen LogP contribution in [0.3, 0.4) is 0 Å². The molecule has 0 bridgehead atoms. The normalized spacial score (nSPS) is 20.0. The summed E-state index contributed by atoms with van der Waals surface area (Å²) >= 11 is 0. The summed E-state index contributed by atoms with van der Waals surface area (Å²) < 4.78 is 5.81. The lowest BCUT2D eigenvalue weighted by molar-refractivity contribution is -0.152. The van der Waals surface area contributed by atoms with E-state index in [1.165, 1.54) is 10.5 Å². The van der Waals surface area contributed by atoms with E-state index in [-0.39, 0.29) is 68.1 Å². The van der Waals surface area contributed by atoms with E-state index in [9.17, 15) is 24.0 Å². The highest BCUT2D eigenvalue weighted by molar-refractivity contribution is 5.97. The third-order valence-electron chi connectivity index (χ3n) is 16.1. The van der Waals surface area contributed by atoms with Crippen LogP contribution in [0.1, 0.15) is 137 Å². The van der Waals surface area contributed by atoms with Crippen LogP contribution in [0.2, 0.25) is 0 Å². The van der Waals surface area contributed by atoms with Crippen LogP contribution in [0.4, 0.5) is 0 Å². The van der Waals surface area contributed by atoms with Gasteiger partial charge in [0.2, 0.25) is 35.4 Å². The summed E-state index contributed by atoms with van der Waals surface area (Å²) in [5.74, 6) is -1.93. The van der Waals surface area contributed by atoms with E-state index in [0.29, 0.717) is 16.9 Å². The zero-order chi connectivity index (χ0) is 57.5. The van der Waals surface area contributed by atoms with Crippen LogP contribution in [-0.2, 0) is 54.7 Å². The van der Waals surface area contributed by atoms with E-state index in [2.05, 4.69) is 38.0 Å². The van der Waals surface area contributed by atoms with Crippen molar-refractivity contribution in [3.05, 3.63) is 136 Å². The molecule has 1 saturated heterocycles. The minimum atomic E-state index is -0.974. The average Bonchev–Trinajstić information content (AvgIpc) is 4.02. The minimum Gasteiger partial charge on any atom is -0.496 e. The Hall–Kier alpha value is -7.11. The number of carbonyl (C=O) groups excluding carboxylic acids is 7. The van der Waals surface area contributed by atoms with E-state index in [1.807, 2.05) is 115 Å². The lowest BCUT2D eigenvalue weighted by Crippen LogP contribution is -2.62. The number of likely N-dealkylation sites (tertiary alicyclic amines) is 1. The van der Waals surface area contributed by atoms with Crippen molar-refractivity contribution >= 4 is 41.4 Å². The monoisotopic (exact) mass is 1080 g/mol. The molecule has 79 heavy (non-hydrogen) atoms. The number of benzene rings is 4. The average molecular weight is 1080 g/mol. The quantitative estimate of drug-likeness (QED) is 0.0694. The summed E-state index contributed by atoms with van der Waals surface area (Å²) in [7, 11) is 4.93. The molecule has 0 spiro atoms. The first-order valence-electron chi connectivity index (χ1n) is 27.8. The highest BCUT2D eigenvalue weighted by Crippen LogP contribution is 2.36. The van der Waals surface area contributed by atoms with Gasteiger partial charge in [0.1, 0.15) is 29.9 Å². The van der Waals surface area contributed by atoms with Crippen LogP contribution in [0, 0.1) is 10.8 Å². The zero-order valence-corrected chi connectivity index (χ0v) is 48.2. The van der Waals surface area contributed by atoms with Gasteiger partial charge in [-0.3, -0.25) is 33.6 Å². The lowest BCUT2D eigenvalue weighted by atomic mass is 9.84. The molecule has 0 unspecified atom stereocenters. The van der Waals surface area contributed by atoms with Gasteiger partial charge in [-0.1, -0.05) is 120 Å². The standard InChI is InChI=1S/C62H83N9O8/c1-37(63-10)54(72)67-52(61(4,5)6)59(77)70-35-44-22-14-13-21-43(44)32-50(70)58(76)69(39(3)46-24-17-18-27-51(46)79-12)34-40-28-30-42(31-29-40)56(74)65-45-33-49(57(75)66-48-26-19-23-41-20-15-16-25-47(41)48)71(36-45)60(78)53(62(7,8)9)68-55(73)38(2)64-11/h13-18,20-22,24-25,27-31,37-39,45,48-50,52-53,63-64H,19,23,26,32-36H2,1-12H3,(H,65,74)(H,66,75)(H,67,72)(H,68,73)/t37-,38-,39+,45-,48+,49-,50-,52+,53+/m0/s1. The molecule has 1 fully saturated rings. The first-order chi connectivity index (χ1) is 37.4. The fourth-order valence-corrected chi connectivity index (χ4v) is 11.0. The number of nitrogens with one attached hydrogen (secondary N) is 6. The SMILES string of the molecule is CN[C@@H](C)C(=O)N[C@H](C(=O)N1C[C@@H](NC(=O)c2ccc(CN(C(=O)[C@@H]3Cc4ccccc4CN3C(=O)[C@@H](NC(=O)[C@H](C)NC)C(C)(C)C)[C@H](C)c3ccccc3OC)cc2)C[C@H]1C(=O)N[C@@H]1CCCc2ccccc21)C(C)(C)C. The molecule has 7 rings (SSSR count). The van der Waals surface area contributed by atoms with Crippen LogP contribution >= 0.6 is 0 Å². The molecule has 1 aliphatic carbocycles. The fraction of sp³-hybridized carbons (Fsp3) is 0.500. The first-order valence-corrected chi connectivity index (χ1v) is 27.8. The largest absolute Gasteiger partial charge is 0.496 e. The van der Waals surface area contributed by atoms with Crippen LogP contribution in [0.5, 0.6) is 5.75 Å². The van der Waals surface area contributed by atoms with Crippen LogP contribution < -0.4 is 36.6 Å². The maximum absolute atomic E-state index is 15.6. The molecule has 0 saturated carbocycles. The molecule has 0 radical (unpaired) electrons. The van der Waals surface area contributed by atoms with Gasteiger partial charge in [-0.15, -0.1) is 0 Å². The van der Waals surface area contributed by atoms with Crippen LogP contribution in [-0.4, -0.2) is 126 Å².